The number of fused-ring (bicyclic) bond motifs is 6. The van der Waals surface area contributed by atoms with Crippen molar-refractivity contribution in [2.45, 2.75) is 12.3 Å². The van der Waals surface area contributed by atoms with E-state index in [0.29, 0.717) is 0 Å². The SMILES string of the molecule is c1ccc(-c2ccc(-c3ccc(C4=NC(c5ccccc5)NC(c5cccc6oc7c(-c8ccc9c(ccc%10ccccc%109)c8)cccc7c56)N4)cc3)cc2)cc1. The van der Waals surface area contributed by atoms with E-state index in [9.17, 15) is 0 Å². The third-order valence-electron chi connectivity index (χ3n) is 11.4. The number of amidine groups is 1. The molecular weight excluding hydrogens is 695 g/mol. The van der Waals surface area contributed by atoms with Gasteiger partial charge in [0.1, 0.15) is 29.3 Å². The van der Waals surface area contributed by atoms with E-state index in [1.54, 1.807) is 0 Å². The number of aliphatic imine (C=N–C) groups is 1. The molecule has 57 heavy (non-hydrogen) atoms. The maximum atomic E-state index is 6.78. The molecule has 2 heterocycles. The van der Waals surface area contributed by atoms with Gasteiger partial charge >= 0.3 is 0 Å². The first kappa shape index (κ1) is 33.1. The molecule has 2 unspecified atom stereocenters. The third kappa shape index (κ3) is 5.95. The monoisotopic (exact) mass is 731 g/mol. The lowest BCUT2D eigenvalue weighted by Gasteiger charge is -2.32. The van der Waals surface area contributed by atoms with E-state index in [2.05, 4.69) is 205 Å². The number of nitrogens with zero attached hydrogens (tertiary/aromatic N) is 1. The zero-order valence-electron chi connectivity index (χ0n) is 31.1. The Morgan fingerprint density at radius 2 is 1.04 bits per heavy atom. The Morgan fingerprint density at radius 1 is 0.439 bits per heavy atom. The standard InChI is InChI=1S/C53H37N3O/c1-3-11-34(12-4-1)35-21-23-36(24-22-35)37-25-28-40(29-26-37)52-54-51(39-14-5-2-6-15-39)55-53(56-52)47-19-10-20-48-49(47)46-18-9-17-45(50(46)57-48)42-31-32-44-41(33-42)30-27-38-13-7-8-16-43(38)44/h1-33,51,53,55H,(H,54,56). The molecule has 0 bridgehead atoms. The minimum atomic E-state index is -0.254. The van der Waals surface area contributed by atoms with Crippen LogP contribution in [0.2, 0.25) is 0 Å². The van der Waals surface area contributed by atoms with Gasteiger partial charge in [0.15, 0.2) is 0 Å². The molecule has 270 valence electrons. The summed E-state index contributed by atoms with van der Waals surface area (Å²) >= 11 is 0. The summed E-state index contributed by atoms with van der Waals surface area (Å²) in [6.45, 7) is 0. The van der Waals surface area contributed by atoms with Crippen LogP contribution < -0.4 is 10.6 Å². The van der Waals surface area contributed by atoms with E-state index < -0.39 is 0 Å². The minimum absolute atomic E-state index is 0.241. The van der Waals surface area contributed by atoms with Gasteiger partial charge in [0.2, 0.25) is 0 Å². The molecule has 1 aliphatic heterocycles. The van der Waals surface area contributed by atoms with E-state index in [4.69, 9.17) is 9.41 Å². The van der Waals surface area contributed by atoms with Gasteiger partial charge in [0, 0.05) is 27.5 Å². The molecule has 0 amide bonds. The van der Waals surface area contributed by atoms with Crippen LogP contribution in [-0.2, 0) is 0 Å². The second-order valence-electron chi connectivity index (χ2n) is 14.8. The van der Waals surface area contributed by atoms with E-state index in [-0.39, 0.29) is 12.3 Å². The zero-order valence-corrected chi connectivity index (χ0v) is 31.1. The lowest BCUT2D eigenvalue weighted by molar-refractivity contribution is 0.411. The van der Waals surface area contributed by atoms with Crippen molar-refractivity contribution in [3.05, 3.63) is 217 Å². The third-order valence-corrected chi connectivity index (χ3v) is 11.4. The normalized spacial score (nSPS) is 15.5. The smallest absolute Gasteiger partial charge is 0.143 e. The second-order valence-corrected chi connectivity index (χ2v) is 14.8. The lowest BCUT2D eigenvalue weighted by Crippen LogP contribution is -2.45. The van der Waals surface area contributed by atoms with Crippen LogP contribution >= 0.6 is 0 Å². The Morgan fingerprint density at radius 3 is 1.81 bits per heavy atom. The Kier molecular flexibility index (Phi) is 8.01. The van der Waals surface area contributed by atoms with E-state index in [0.717, 1.165) is 61.2 Å². The van der Waals surface area contributed by atoms with Gasteiger partial charge in [-0.2, -0.15) is 0 Å². The number of para-hydroxylation sites is 1. The Labute approximate surface area is 330 Å². The first-order chi connectivity index (χ1) is 28.2. The van der Waals surface area contributed by atoms with Crippen molar-refractivity contribution in [3.8, 4) is 33.4 Å². The highest BCUT2D eigenvalue weighted by atomic mass is 16.3. The fourth-order valence-corrected chi connectivity index (χ4v) is 8.50. The van der Waals surface area contributed by atoms with Crippen LogP contribution in [0, 0.1) is 0 Å². The first-order valence-corrected chi connectivity index (χ1v) is 19.5. The average molecular weight is 732 g/mol. The number of hydrogen-bond acceptors (Lipinski definition) is 4. The molecule has 1 aromatic heterocycles. The van der Waals surface area contributed by atoms with Crippen LogP contribution in [0.15, 0.2) is 210 Å². The van der Waals surface area contributed by atoms with Gasteiger partial charge in [-0.1, -0.05) is 188 Å². The summed E-state index contributed by atoms with van der Waals surface area (Å²) in [4.78, 5) is 5.24. The molecule has 0 fully saturated rings. The number of nitrogens with one attached hydrogen (secondary N) is 2. The fourth-order valence-electron chi connectivity index (χ4n) is 8.50. The maximum Gasteiger partial charge on any atom is 0.143 e. The summed E-state index contributed by atoms with van der Waals surface area (Å²) in [6.07, 6.45) is -0.495. The van der Waals surface area contributed by atoms with Gasteiger partial charge in [0.25, 0.3) is 0 Å². The van der Waals surface area contributed by atoms with Crippen LogP contribution in [0.4, 0.5) is 0 Å². The first-order valence-electron chi connectivity index (χ1n) is 19.5. The molecule has 10 aromatic rings. The van der Waals surface area contributed by atoms with Crippen LogP contribution in [-0.4, -0.2) is 5.84 Å². The molecule has 4 heteroatoms. The average Bonchev–Trinajstić information content (AvgIpc) is 3.69. The Bertz CT molecular complexity index is 3110. The van der Waals surface area contributed by atoms with Crippen molar-refractivity contribution in [1.82, 2.24) is 10.6 Å². The van der Waals surface area contributed by atoms with Crippen molar-refractivity contribution in [2.24, 2.45) is 4.99 Å². The molecule has 4 nitrogen and oxygen atoms in total. The van der Waals surface area contributed by atoms with E-state index in [1.807, 2.05) is 6.07 Å². The summed E-state index contributed by atoms with van der Waals surface area (Å²) in [6, 6.07) is 71.1. The van der Waals surface area contributed by atoms with Crippen LogP contribution in [0.1, 0.15) is 29.0 Å². The van der Waals surface area contributed by atoms with Crippen molar-refractivity contribution >= 4 is 49.3 Å². The minimum Gasteiger partial charge on any atom is -0.455 e. The molecule has 1 aliphatic rings. The number of furan rings is 1. The molecular formula is C53H37N3O. The predicted octanol–water partition coefficient (Wildman–Crippen LogP) is 13.2. The highest BCUT2D eigenvalue weighted by molar-refractivity contribution is 6.13. The number of rotatable bonds is 6. The molecule has 0 spiro atoms. The van der Waals surface area contributed by atoms with E-state index >= 15 is 0 Å². The topological polar surface area (TPSA) is 49.6 Å². The highest BCUT2D eigenvalue weighted by Gasteiger charge is 2.28. The van der Waals surface area contributed by atoms with Gasteiger partial charge in [-0.15, -0.1) is 0 Å². The van der Waals surface area contributed by atoms with Gasteiger partial charge < -0.3 is 9.73 Å². The fraction of sp³-hybridized carbons (Fsp3) is 0.0377. The quantitative estimate of drug-likeness (QED) is 0.167. The second kappa shape index (κ2) is 13.8. The largest absolute Gasteiger partial charge is 0.455 e. The molecule has 0 aliphatic carbocycles. The number of hydrogen-bond donors (Lipinski definition) is 2. The molecule has 0 saturated carbocycles. The van der Waals surface area contributed by atoms with Gasteiger partial charge in [0.05, 0.1) is 0 Å². The molecule has 9 aromatic carbocycles. The highest BCUT2D eigenvalue weighted by Crippen LogP contribution is 2.41. The Hall–Kier alpha value is -7.27. The Balaban J connectivity index is 0.959. The van der Waals surface area contributed by atoms with Crippen LogP contribution in [0.3, 0.4) is 0 Å². The molecule has 0 radical (unpaired) electrons. The zero-order chi connectivity index (χ0) is 37.7. The van der Waals surface area contributed by atoms with Crippen molar-refractivity contribution < 1.29 is 4.42 Å². The van der Waals surface area contributed by atoms with Crippen LogP contribution in [0.5, 0.6) is 0 Å². The molecule has 2 N–H and O–H groups in total. The maximum absolute atomic E-state index is 6.78. The van der Waals surface area contributed by atoms with Gasteiger partial charge in [-0.05, 0) is 67.1 Å². The van der Waals surface area contributed by atoms with Gasteiger partial charge in [-0.25, -0.2) is 4.99 Å². The van der Waals surface area contributed by atoms with Gasteiger partial charge in [-0.3, -0.25) is 5.32 Å². The summed E-state index contributed by atoms with van der Waals surface area (Å²) < 4.78 is 6.78. The summed E-state index contributed by atoms with van der Waals surface area (Å²) in [7, 11) is 0. The predicted molar refractivity (Wildman–Crippen MR) is 236 cm³/mol. The van der Waals surface area contributed by atoms with Crippen molar-refractivity contribution in [2.75, 3.05) is 0 Å². The van der Waals surface area contributed by atoms with E-state index in [1.165, 1.54) is 38.2 Å². The number of benzene rings is 9. The molecule has 2 atom stereocenters. The van der Waals surface area contributed by atoms with Crippen molar-refractivity contribution in [1.29, 1.82) is 0 Å². The van der Waals surface area contributed by atoms with Crippen LogP contribution in [0.25, 0.3) is 76.9 Å². The summed E-state index contributed by atoms with van der Waals surface area (Å²) in [5, 5.41) is 14.8. The van der Waals surface area contributed by atoms with Crippen molar-refractivity contribution in [3.63, 3.8) is 0 Å². The summed E-state index contributed by atoms with van der Waals surface area (Å²) in [5.41, 5.74) is 12.0. The molecule has 0 saturated heterocycles. The summed E-state index contributed by atoms with van der Waals surface area (Å²) in [5.74, 6) is 0.841. The lowest BCUT2D eigenvalue weighted by atomic mass is 9.95. The molecule has 11 rings (SSSR count).